The Labute approximate surface area is 120 Å². The maximum absolute atomic E-state index is 5.91. The van der Waals surface area contributed by atoms with Gasteiger partial charge in [0.15, 0.2) is 5.82 Å². The highest BCUT2D eigenvalue weighted by Crippen LogP contribution is 2.20. The van der Waals surface area contributed by atoms with Crippen LogP contribution in [0.3, 0.4) is 0 Å². The van der Waals surface area contributed by atoms with Crippen molar-refractivity contribution < 1.29 is 4.74 Å². The molecule has 2 heterocycles. The summed E-state index contributed by atoms with van der Waals surface area (Å²) in [5.41, 5.74) is 1.05. The Hall–Kier alpha value is -1.31. The third kappa shape index (κ3) is 3.82. The zero-order valence-electron chi connectivity index (χ0n) is 10.4. The molecule has 0 aliphatic carbocycles. The van der Waals surface area contributed by atoms with Gasteiger partial charge in [-0.05, 0) is 11.6 Å². The summed E-state index contributed by atoms with van der Waals surface area (Å²) in [5, 5.41) is 9.23. The van der Waals surface area contributed by atoms with Crippen molar-refractivity contribution >= 4 is 23.4 Å². The number of hydrogen-bond donors (Lipinski definition) is 1. The number of pyridine rings is 1. The summed E-state index contributed by atoms with van der Waals surface area (Å²) >= 11 is 7.23. The molecule has 0 atom stereocenters. The third-order valence-electron chi connectivity index (χ3n) is 2.42. The number of aromatic nitrogens is 4. The fraction of sp³-hybridized carbons (Fsp3) is 0.364. The monoisotopic (exact) mass is 299 g/mol. The Bertz CT molecular complexity index is 530. The van der Waals surface area contributed by atoms with Gasteiger partial charge in [0, 0.05) is 25.5 Å². The van der Waals surface area contributed by atoms with E-state index < -0.39 is 0 Å². The number of thioether (sulfide) groups is 1. The highest BCUT2D eigenvalue weighted by Gasteiger charge is 2.10. The minimum absolute atomic E-state index is 0.484. The molecule has 0 saturated carbocycles. The first-order valence-electron chi connectivity index (χ1n) is 5.62. The predicted molar refractivity (Wildman–Crippen MR) is 74.6 cm³/mol. The van der Waals surface area contributed by atoms with Crippen LogP contribution in [0.5, 0.6) is 0 Å². The molecular formula is C11H14ClN5OS. The number of ether oxygens (including phenoxy) is 1. The van der Waals surface area contributed by atoms with Crippen LogP contribution < -0.4 is 5.84 Å². The first-order chi connectivity index (χ1) is 9.20. The molecular weight excluding hydrogens is 286 g/mol. The molecule has 0 radical (unpaired) electrons. The molecule has 0 aromatic carbocycles. The Morgan fingerprint density at radius 3 is 2.95 bits per heavy atom. The average Bonchev–Trinajstić information content (AvgIpc) is 2.77. The van der Waals surface area contributed by atoms with Gasteiger partial charge in [-0.15, -0.1) is 10.2 Å². The van der Waals surface area contributed by atoms with Crippen LogP contribution in [0.4, 0.5) is 0 Å². The lowest BCUT2D eigenvalue weighted by atomic mass is 10.3. The van der Waals surface area contributed by atoms with Crippen LogP contribution in [0.1, 0.15) is 11.4 Å². The average molecular weight is 300 g/mol. The lowest BCUT2D eigenvalue weighted by Gasteiger charge is -2.03. The van der Waals surface area contributed by atoms with Gasteiger partial charge in [-0.1, -0.05) is 29.4 Å². The molecule has 19 heavy (non-hydrogen) atoms. The predicted octanol–water partition coefficient (Wildman–Crippen LogP) is 1.52. The molecule has 0 amide bonds. The van der Waals surface area contributed by atoms with Crippen LogP contribution in [-0.2, 0) is 16.9 Å². The van der Waals surface area contributed by atoms with Crippen molar-refractivity contribution in [3.05, 3.63) is 34.9 Å². The van der Waals surface area contributed by atoms with Crippen molar-refractivity contribution in [2.75, 3.05) is 19.6 Å². The van der Waals surface area contributed by atoms with E-state index in [1.54, 1.807) is 19.4 Å². The minimum Gasteiger partial charge on any atom is -0.384 e. The summed E-state index contributed by atoms with van der Waals surface area (Å²) in [6.07, 6.45) is 2.38. The second kappa shape index (κ2) is 6.74. The fourth-order valence-electron chi connectivity index (χ4n) is 1.41. The van der Waals surface area contributed by atoms with E-state index in [0.717, 1.165) is 5.56 Å². The van der Waals surface area contributed by atoms with Crippen molar-refractivity contribution in [3.8, 4) is 0 Å². The van der Waals surface area contributed by atoms with Crippen molar-refractivity contribution in [1.82, 2.24) is 19.9 Å². The van der Waals surface area contributed by atoms with E-state index in [-0.39, 0.29) is 0 Å². The zero-order chi connectivity index (χ0) is 13.7. The quantitative estimate of drug-likeness (QED) is 0.495. The van der Waals surface area contributed by atoms with Crippen LogP contribution in [0, 0.1) is 0 Å². The topological polar surface area (TPSA) is 78.9 Å². The fourth-order valence-corrected chi connectivity index (χ4v) is 2.33. The number of hydrogen-bond acceptors (Lipinski definition) is 6. The van der Waals surface area contributed by atoms with E-state index in [9.17, 15) is 0 Å². The molecule has 0 saturated heterocycles. The van der Waals surface area contributed by atoms with Gasteiger partial charge in [-0.2, -0.15) is 0 Å². The van der Waals surface area contributed by atoms with E-state index in [4.69, 9.17) is 22.2 Å². The van der Waals surface area contributed by atoms with Crippen molar-refractivity contribution in [3.63, 3.8) is 0 Å². The number of nitrogens with zero attached hydrogens (tertiary/aromatic N) is 4. The smallest absolute Gasteiger partial charge is 0.210 e. The maximum atomic E-state index is 5.91. The Balaban J connectivity index is 1.96. The molecule has 2 aromatic heterocycles. The molecule has 2 rings (SSSR count). The van der Waals surface area contributed by atoms with E-state index in [1.165, 1.54) is 16.4 Å². The molecule has 0 aliphatic heterocycles. The van der Waals surface area contributed by atoms with Gasteiger partial charge in [0.2, 0.25) is 5.16 Å². The molecule has 0 fully saturated rings. The van der Waals surface area contributed by atoms with Crippen molar-refractivity contribution in [2.45, 2.75) is 17.3 Å². The standard InChI is InChI=1S/C11H14ClN5OS/c1-18-5-4-10-15-16-11(17(10)13)19-7-8-2-3-9(12)14-6-8/h2-3,6H,4-5,7,13H2,1H3. The normalized spacial score (nSPS) is 10.8. The highest BCUT2D eigenvalue weighted by atomic mass is 35.5. The van der Waals surface area contributed by atoms with Gasteiger partial charge < -0.3 is 10.6 Å². The van der Waals surface area contributed by atoms with Gasteiger partial charge in [0.1, 0.15) is 5.15 Å². The number of methoxy groups -OCH3 is 1. The van der Waals surface area contributed by atoms with Crippen LogP contribution in [-0.4, -0.2) is 33.6 Å². The Kier molecular flexibility index (Phi) is 5.00. The summed E-state index contributed by atoms with van der Waals surface area (Å²) < 4.78 is 6.48. The maximum Gasteiger partial charge on any atom is 0.210 e. The summed E-state index contributed by atoms with van der Waals surface area (Å²) in [7, 11) is 1.64. The largest absolute Gasteiger partial charge is 0.384 e. The molecule has 0 unspecified atom stereocenters. The molecule has 0 bridgehead atoms. The van der Waals surface area contributed by atoms with Gasteiger partial charge in [0.05, 0.1) is 6.61 Å². The summed E-state index contributed by atoms with van der Waals surface area (Å²) in [4.78, 5) is 4.02. The minimum atomic E-state index is 0.484. The SMILES string of the molecule is COCCc1nnc(SCc2ccc(Cl)nc2)n1N. The van der Waals surface area contributed by atoms with Gasteiger partial charge >= 0.3 is 0 Å². The molecule has 2 aromatic rings. The second-order valence-corrected chi connectivity index (χ2v) is 5.12. The zero-order valence-corrected chi connectivity index (χ0v) is 12.0. The van der Waals surface area contributed by atoms with E-state index in [0.29, 0.717) is 34.9 Å². The van der Waals surface area contributed by atoms with Crippen LogP contribution in [0.2, 0.25) is 5.15 Å². The highest BCUT2D eigenvalue weighted by molar-refractivity contribution is 7.98. The van der Waals surface area contributed by atoms with Crippen LogP contribution in [0.25, 0.3) is 0 Å². The number of halogens is 1. The van der Waals surface area contributed by atoms with E-state index in [2.05, 4.69) is 15.2 Å². The summed E-state index contributed by atoms with van der Waals surface area (Å²) in [5.74, 6) is 7.33. The number of rotatable bonds is 6. The first-order valence-corrected chi connectivity index (χ1v) is 6.98. The van der Waals surface area contributed by atoms with E-state index in [1.807, 2.05) is 6.07 Å². The summed E-state index contributed by atoms with van der Waals surface area (Å²) in [6, 6.07) is 3.68. The third-order valence-corrected chi connectivity index (χ3v) is 3.66. The molecule has 6 nitrogen and oxygen atoms in total. The summed E-state index contributed by atoms with van der Waals surface area (Å²) in [6.45, 7) is 0.571. The Morgan fingerprint density at radius 2 is 2.26 bits per heavy atom. The second-order valence-electron chi connectivity index (χ2n) is 3.79. The van der Waals surface area contributed by atoms with Gasteiger partial charge in [-0.3, -0.25) is 0 Å². The Morgan fingerprint density at radius 1 is 1.42 bits per heavy atom. The van der Waals surface area contributed by atoms with Gasteiger partial charge in [0.25, 0.3) is 0 Å². The van der Waals surface area contributed by atoms with E-state index >= 15 is 0 Å². The molecule has 0 aliphatic rings. The lowest BCUT2D eigenvalue weighted by molar-refractivity contribution is 0.200. The van der Waals surface area contributed by atoms with Crippen molar-refractivity contribution in [2.24, 2.45) is 0 Å². The van der Waals surface area contributed by atoms with Crippen molar-refractivity contribution in [1.29, 1.82) is 0 Å². The molecule has 102 valence electrons. The lowest BCUT2D eigenvalue weighted by Crippen LogP contribution is -2.15. The number of nitrogens with two attached hydrogens (primary N) is 1. The number of nitrogen functional groups attached to an aromatic ring is 1. The molecule has 0 spiro atoms. The van der Waals surface area contributed by atoms with Crippen LogP contribution >= 0.6 is 23.4 Å². The van der Waals surface area contributed by atoms with Gasteiger partial charge in [-0.25, -0.2) is 9.66 Å². The molecule has 2 N–H and O–H groups in total. The molecule has 8 heteroatoms. The first kappa shape index (κ1) is 14.1. The van der Waals surface area contributed by atoms with Crippen LogP contribution in [0.15, 0.2) is 23.5 Å².